The van der Waals surface area contributed by atoms with E-state index in [4.69, 9.17) is 0 Å². The first kappa shape index (κ1) is 12.9. The Labute approximate surface area is 108 Å². The largest absolute Gasteiger partial charge is 0.336 e. The van der Waals surface area contributed by atoms with Crippen molar-refractivity contribution in [3.8, 4) is 0 Å². The molecule has 18 heavy (non-hydrogen) atoms. The molecule has 5 heteroatoms. The van der Waals surface area contributed by atoms with Crippen LogP contribution >= 0.6 is 0 Å². The molecular formula is C13H22N4O. The normalized spacial score (nSPS) is 18.3. The van der Waals surface area contributed by atoms with Crippen LogP contribution in [0.3, 0.4) is 0 Å². The lowest BCUT2D eigenvalue weighted by Crippen LogP contribution is -2.44. The average molecular weight is 250 g/mol. The SMILES string of the molecule is CC(NC(=O)NC1CCCCC1)c1nccn1C. The highest BCUT2D eigenvalue weighted by atomic mass is 16.2. The number of nitrogens with zero attached hydrogens (tertiary/aromatic N) is 2. The zero-order chi connectivity index (χ0) is 13.0. The molecule has 0 spiro atoms. The van der Waals surface area contributed by atoms with Gasteiger partial charge in [0.1, 0.15) is 5.82 Å². The summed E-state index contributed by atoms with van der Waals surface area (Å²) in [6.07, 6.45) is 9.57. The number of nitrogens with one attached hydrogen (secondary N) is 2. The Morgan fingerprint density at radius 2 is 2.17 bits per heavy atom. The third-order valence-corrected chi connectivity index (χ3v) is 3.53. The van der Waals surface area contributed by atoms with Gasteiger partial charge in [-0.2, -0.15) is 0 Å². The molecule has 1 atom stereocenters. The Hall–Kier alpha value is -1.52. The van der Waals surface area contributed by atoms with Crippen molar-refractivity contribution in [1.82, 2.24) is 20.2 Å². The second kappa shape index (κ2) is 5.89. The van der Waals surface area contributed by atoms with Crippen LogP contribution in [0.4, 0.5) is 4.79 Å². The van der Waals surface area contributed by atoms with E-state index in [9.17, 15) is 4.79 Å². The number of aromatic nitrogens is 2. The van der Waals surface area contributed by atoms with Gasteiger partial charge in [0.25, 0.3) is 0 Å². The number of carbonyl (C=O) groups is 1. The molecule has 2 N–H and O–H groups in total. The third-order valence-electron chi connectivity index (χ3n) is 3.53. The number of urea groups is 1. The fraction of sp³-hybridized carbons (Fsp3) is 0.692. The quantitative estimate of drug-likeness (QED) is 0.863. The molecule has 0 bridgehead atoms. The molecule has 2 amide bonds. The molecule has 1 unspecified atom stereocenters. The van der Waals surface area contributed by atoms with Crippen LogP contribution in [0, 0.1) is 0 Å². The van der Waals surface area contributed by atoms with Gasteiger partial charge in [-0.3, -0.25) is 0 Å². The van der Waals surface area contributed by atoms with Gasteiger partial charge in [-0.25, -0.2) is 9.78 Å². The Morgan fingerprint density at radius 3 is 2.78 bits per heavy atom. The van der Waals surface area contributed by atoms with E-state index in [1.165, 1.54) is 19.3 Å². The number of aryl methyl sites for hydroxylation is 1. The predicted octanol–water partition coefficient (Wildman–Crippen LogP) is 2.11. The molecule has 0 aliphatic heterocycles. The maximum atomic E-state index is 11.9. The number of hydrogen-bond donors (Lipinski definition) is 2. The van der Waals surface area contributed by atoms with Crippen molar-refractivity contribution in [2.24, 2.45) is 7.05 Å². The maximum absolute atomic E-state index is 11.9. The minimum absolute atomic E-state index is 0.0754. The minimum Gasteiger partial charge on any atom is -0.336 e. The lowest BCUT2D eigenvalue weighted by atomic mass is 9.96. The van der Waals surface area contributed by atoms with Gasteiger partial charge in [0.15, 0.2) is 0 Å². The van der Waals surface area contributed by atoms with Crippen LogP contribution in [-0.2, 0) is 7.05 Å². The summed E-state index contributed by atoms with van der Waals surface area (Å²) in [5.41, 5.74) is 0. The summed E-state index contributed by atoms with van der Waals surface area (Å²) >= 11 is 0. The van der Waals surface area contributed by atoms with E-state index >= 15 is 0 Å². The first-order valence-electron chi connectivity index (χ1n) is 6.71. The lowest BCUT2D eigenvalue weighted by molar-refractivity contribution is 0.229. The highest BCUT2D eigenvalue weighted by Gasteiger charge is 2.18. The average Bonchev–Trinajstić information content (AvgIpc) is 2.76. The molecule has 1 aromatic heterocycles. The number of carbonyl (C=O) groups excluding carboxylic acids is 1. The molecular weight excluding hydrogens is 228 g/mol. The van der Waals surface area contributed by atoms with E-state index < -0.39 is 0 Å². The Kier molecular flexibility index (Phi) is 4.23. The molecule has 1 heterocycles. The van der Waals surface area contributed by atoms with Gasteiger partial charge in [0.2, 0.25) is 0 Å². The second-order valence-corrected chi connectivity index (χ2v) is 5.07. The fourth-order valence-corrected chi connectivity index (χ4v) is 2.53. The van der Waals surface area contributed by atoms with E-state index in [1.807, 2.05) is 24.7 Å². The lowest BCUT2D eigenvalue weighted by Gasteiger charge is -2.24. The van der Waals surface area contributed by atoms with Crippen molar-refractivity contribution < 1.29 is 4.79 Å². The number of imidazole rings is 1. The van der Waals surface area contributed by atoms with Crippen LogP contribution in [0.15, 0.2) is 12.4 Å². The van der Waals surface area contributed by atoms with Crippen molar-refractivity contribution in [3.63, 3.8) is 0 Å². The van der Waals surface area contributed by atoms with Crippen molar-refractivity contribution in [2.75, 3.05) is 0 Å². The summed E-state index contributed by atoms with van der Waals surface area (Å²) < 4.78 is 1.92. The number of hydrogen-bond acceptors (Lipinski definition) is 2. The summed E-state index contributed by atoms with van der Waals surface area (Å²) in [5.74, 6) is 0.869. The first-order chi connectivity index (χ1) is 8.66. The van der Waals surface area contributed by atoms with Crippen LogP contribution < -0.4 is 10.6 Å². The smallest absolute Gasteiger partial charge is 0.315 e. The van der Waals surface area contributed by atoms with Crippen LogP contribution in [0.5, 0.6) is 0 Å². The number of rotatable bonds is 3. The van der Waals surface area contributed by atoms with Gasteiger partial charge < -0.3 is 15.2 Å². The molecule has 0 saturated heterocycles. The van der Waals surface area contributed by atoms with Crippen LogP contribution in [0.1, 0.15) is 50.9 Å². The van der Waals surface area contributed by atoms with E-state index in [1.54, 1.807) is 6.20 Å². The Bertz CT molecular complexity index is 395. The highest BCUT2D eigenvalue weighted by molar-refractivity contribution is 5.74. The third kappa shape index (κ3) is 3.24. The molecule has 1 aliphatic rings. The van der Waals surface area contributed by atoms with Crippen molar-refractivity contribution in [1.29, 1.82) is 0 Å². The number of amides is 2. The topological polar surface area (TPSA) is 59.0 Å². The second-order valence-electron chi connectivity index (χ2n) is 5.07. The summed E-state index contributed by atoms with van der Waals surface area (Å²) in [7, 11) is 1.93. The maximum Gasteiger partial charge on any atom is 0.315 e. The highest BCUT2D eigenvalue weighted by Crippen LogP contribution is 2.17. The molecule has 1 fully saturated rings. The van der Waals surface area contributed by atoms with Gasteiger partial charge in [0, 0.05) is 25.5 Å². The predicted molar refractivity (Wildman–Crippen MR) is 70.2 cm³/mol. The Morgan fingerprint density at radius 1 is 1.44 bits per heavy atom. The van der Waals surface area contributed by atoms with Gasteiger partial charge in [-0.1, -0.05) is 19.3 Å². The van der Waals surface area contributed by atoms with Crippen molar-refractivity contribution in [3.05, 3.63) is 18.2 Å². The zero-order valence-corrected chi connectivity index (χ0v) is 11.1. The summed E-state index contributed by atoms with van der Waals surface area (Å²) in [6, 6.07) is 0.179. The monoisotopic (exact) mass is 250 g/mol. The van der Waals surface area contributed by atoms with E-state index in [2.05, 4.69) is 15.6 Å². The zero-order valence-electron chi connectivity index (χ0n) is 11.1. The van der Waals surface area contributed by atoms with Crippen LogP contribution in [0.25, 0.3) is 0 Å². The van der Waals surface area contributed by atoms with Crippen molar-refractivity contribution in [2.45, 2.75) is 51.1 Å². The Balaban J connectivity index is 1.81. The molecule has 2 rings (SSSR count). The summed E-state index contributed by atoms with van der Waals surface area (Å²) in [6.45, 7) is 1.95. The molecule has 100 valence electrons. The fourth-order valence-electron chi connectivity index (χ4n) is 2.53. The minimum atomic E-state index is -0.0857. The van der Waals surface area contributed by atoms with E-state index in [0.717, 1.165) is 18.7 Å². The molecule has 0 aromatic carbocycles. The molecule has 0 radical (unpaired) electrons. The van der Waals surface area contributed by atoms with Crippen LogP contribution in [-0.4, -0.2) is 21.6 Å². The van der Waals surface area contributed by atoms with E-state index in [-0.39, 0.29) is 12.1 Å². The van der Waals surface area contributed by atoms with Crippen LogP contribution in [0.2, 0.25) is 0 Å². The van der Waals surface area contributed by atoms with Gasteiger partial charge in [-0.15, -0.1) is 0 Å². The summed E-state index contributed by atoms with van der Waals surface area (Å²) in [5, 5.41) is 5.98. The molecule has 5 nitrogen and oxygen atoms in total. The van der Waals surface area contributed by atoms with E-state index in [0.29, 0.717) is 6.04 Å². The van der Waals surface area contributed by atoms with Gasteiger partial charge >= 0.3 is 6.03 Å². The van der Waals surface area contributed by atoms with Gasteiger partial charge in [-0.05, 0) is 19.8 Å². The van der Waals surface area contributed by atoms with Crippen molar-refractivity contribution >= 4 is 6.03 Å². The van der Waals surface area contributed by atoms with Gasteiger partial charge in [0.05, 0.1) is 6.04 Å². The first-order valence-corrected chi connectivity index (χ1v) is 6.71. The molecule has 1 aliphatic carbocycles. The summed E-state index contributed by atoms with van der Waals surface area (Å²) in [4.78, 5) is 16.1. The molecule has 1 aromatic rings. The molecule has 1 saturated carbocycles. The standard InChI is InChI=1S/C13H22N4O/c1-10(12-14-8-9-17(12)2)15-13(18)16-11-6-4-3-5-7-11/h8-11H,3-7H2,1-2H3,(H2,15,16,18).